The molecule has 130 valence electrons. The molecule has 1 N–H and O–H groups in total. The summed E-state index contributed by atoms with van der Waals surface area (Å²) in [4.78, 5) is 3.79. The van der Waals surface area contributed by atoms with E-state index in [1.807, 2.05) is 29.6 Å². The SMILES string of the molecule is CS(=O)(=O)c1ccc(CN2CCC(C(O)c3cccs3)CC2)cc1. The Morgan fingerprint density at radius 3 is 2.42 bits per heavy atom. The lowest BCUT2D eigenvalue weighted by Crippen LogP contribution is -2.35. The van der Waals surface area contributed by atoms with Crippen molar-refractivity contribution in [1.29, 1.82) is 0 Å². The number of likely N-dealkylation sites (tertiary alicyclic amines) is 1. The average molecular weight is 366 g/mol. The molecular formula is C18H23NO3S2. The second-order valence-electron chi connectivity index (χ2n) is 6.49. The standard InChI is InChI=1S/C18H23NO3S2/c1-24(21,22)16-6-4-14(5-7-16)13-19-10-8-15(9-11-19)18(20)17-3-2-12-23-17/h2-7,12,15,18,20H,8-11,13H2,1H3. The van der Waals surface area contributed by atoms with E-state index in [0.717, 1.165) is 42.9 Å². The number of benzene rings is 1. The molecule has 1 fully saturated rings. The molecule has 2 heterocycles. The molecule has 2 aromatic rings. The highest BCUT2D eigenvalue weighted by Gasteiger charge is 2.26. The number of aliphatic hydroxyl groups excluding tert-OH is 1. The van der Waals surface area contributed by atoms with Crippen molar-refractivity contribution in [3.05, 3.63) is 52.2 Å². The Kier molecular flexibility index (Phi) is 5.39. The first-order valence-electron chi connectivity index (χ1n) is 8.16. The van der Waals surface area contributed by atoms with Gasteiger partial charge >= 0.3 is 0 Å². The van der Waals surface area contributed by atoms with Gasteiger partial charge in [-0.3, -0.25) is 4.90 Å². The maximum Gasteiger partial charge on any atom is 0.175 e. The number of nitrogens with zero attached hydrogens (tertiary/aromatic N) is 1. The lowest BCUT2D eigenvalue weighted by atomic mass is 9.90. The second kappa shape index (κ2) is 7.35. The number of hydrogen-bond donors (Lipinski definition) is 1. The third-order valence-corrected chi connectivity index (χ3v) is 6.74. The quantitative estimate of drug-likeness (QED) is 0.885. The van der Waals surface area contributed by atoms with Crippen LogP contribution in [0.25, 0.3) is 0 Å². The zero-order chi connectivity index (χ0) is 17.2. The Bertz CT molecular complexity index is 746. The van der Waals surface area contributed by atoms with E-state index in [1.165, 1.54) is 6.26 Å². The largest absolute Gasteiger partial charge is 0.387 e. The Morgan fingerprint density at radius 1 is 1.21 bits per heavy atom. The molecule has 0 aliphatic carbocycles. The van der Waals surface area contributed by atoms with Gasteiger partial charge in [-0.05, 0) is 61.0 Å². The first-order chi connectivity index (χ1) is 11.4. The highest BCUT2D eigenvalue weighted by atomic mass is 32.2. The minimum absolute atomic E-state index is 0.326. The van der Waals surface area contributed by atoms with Crippen molar-refractivity contribution in [3.63, 3.8) is 0 Å². The number of piperidine rings is 1. The summed E-state index contributed by atoms with van der Waals surface area (Å²) in [6, 6.07) is 11.1. The monoisotopic (exact) mass is 365 g/mol. The van der Waals surface area contributed by atoms with Crippen molar-refractivity contribution >= 4 is 21.2 Å². The van der Waals surface area contributed by atoms with Gasteiger partial charge in [-0.25, -0.2) is 8.42 Å². The van der Waals surface area contributed by atoms with E-state index in [-0.39, 0.29) is 6.10 Å². The lowest BCUT2D eigenvalue weighted by Gasteiger charge is -2.34. The molecule has 1 aliphatic rings. The first kappa shape index (κ1) is 17.6. The highest BCUT2D eigenvalue weighted by Crippen LogP contribution is 2.33. The van der Waals surface area contributed by atoms with Crippen LogP contribution in [-0.2, 0) is 16.4 Å². The van der Waals surface area contributed by atoms with Crippen molar-refractivity contribution in [2.45, 2.75) is 30.4 Å². The van der Waals surface area contributed by atoms with Gasteiger partial charge in [0.05, 0.1) is 11.0 Å². The Hall–Kier alpha value is -1.21. The van der Waals surface area contributed by atoms with Crippen LogP contribution < -0.4 is 0 Å². The summed E-state index contributed by atoms with van der Waals surface area (Å²) < 4.78 is 23.0. The highest BCUT2D eigenvalue weighted by molar-refractivity contribution is 7.90. The second-order valence-corrected chi connectivity index (χ2v) is 9.48. The minimum atomic E-state index is -3.13. The molecule has 1 atom stereocenters. The summed E-state index contributed by atoms with van der Waals surface area (Å²) in [5.41, 5.74) is 1.12. The third-order valence-electron chi connectivity index (χ3n) is 4.67. The van der Waals surface area contributed by atoms with E-state index < -0.39 is 9.84 Å². The van der Waals surface area contributed by atoms with E-state index >= 15 is 0 Å². The summed E-state index contributed by atoms with van der Waals surface area (Å²) in [7, 11) is -3.13. The fraction of sp³-hybridized carbons (Fsp3) is 0.444. The van der Waals surface area contributed by atoms with E-state index in [2.05, 4.69) is 4.90 Å². The van der Waals surface area contributed by atoms with Crippen LogP contribution in [0.1, 0.15) is 29.4 Å². The molecule has 1 aliphatic heterocycles. The normalized spacial score (nSPS) is 18.6. The topological polar surface area (TPSA) is 57.6 Å². The van der Waals surface area contributed by atoms with Crippen molar-refractivity contribution in [2.24, 2.45) is 5.92 Å². The van der Waals surface area contributed by atoms with Gasteiger partial charge in [0.2, 0.25) is 0 Å². The summed E-state index contributed by atoms with van der Waals surface area (Å²) >= 11 is 1.62. The number of sulfone groups is 1. The predicted molar refractivity (Wildman–Crippen MR) is 96.8 cm³/mol. The summed E-state index contributed by atoms with van der Waals surface area (Å²) in [5.74, 6) is 0.326. The zero-order valence-electron chi connectivity index (χ0n) is 13.8. The van der Waals surface area contributed by atoms with Gasteiger partial charge in [-0.2, -0.15) is 0 Å². The molecule has 0 radical (unpaired) electrons. The Balaban J connectivity index is 1.54. The van der Waals surface area contributed by atoms with Crippen LogP contribution >= 0.6 is 11.3 Å². The zero-order valence-corrected chi connectivity index (χ0v) is 15.4. The molecule has 1 unspecified atom stereocenters. The summed E-state index contributed by atoms with van der Waals surface area (Å²) in [6.07, 6.45) is 2.85. The van der Waals surface area contributed by atoms with E-state index in [9.17, 15) is 13.5 Å². The number of hydrogen-bond acceptors (Lipinski definition) is 5. The molecule has 1 aromatic heterocycles. The van der Waals surface area contributed by atoms with Crippen molar-refractivity contribution in [3.8, 4) is 0 Å². The molecular weight excluding hydrogens is 342 g/mol. The number of aliphatic hydroxyl groups is 1. The maximum atomic E-state index is 11.5. The van der Waals surface area contributed by atoms with Crippen LogP contribution in [0.5, 0.6) is 0 Å². The number of thiophene rings is 1. The fourth-order valence-corrected chi connectivity index (χ4v) is 4.65. The van der Waals surface area contributed by atoms with Crippen molar-refractivity contribution in [1.82, 2.24) is 4.90 Å². The van der Waals surface area contributed by atoms with Crippen LogP contribution in [0.2, 0.25) is 0 Å². The minimum Gasteiger partial charge on any atom is -0.387 e. The smallest absolute Gasteiger partial charge is 0.175 e. The molecule has 0 saturated carbocycles. The first-order valence-corrected chi connectivity index (χ1v) is 10.9. The molecule has 0 spiro atoms. The van der Waals surface area contributed by atoms with Gasteiger partial charge in [0.1, 0.15) is 0 Å². The molecule has 1 saturated heterocycles. The van der Waals surface area contributed by atoms with E-state index in [1.54, 1.807) is 23.5 Å². The predicted octanol–water partition coefficient (Wildman–Crippen LogP) is 3.10. The Morgan fingerprint density at radius 2 is 1.88 bits per heavy atom. The lowest BCUT2D eigenvalue weighted by molar-refractivity contribution is 0.0591. The fourth-order valence-electron chi connectivity index (χ4n) is 3.22. The number of rotatable bonds is 5. The van der Waals surface area contributed by atoms with Gasteiger partial charge < -0.3 is 5.11 Å². The van der Waals surface area contributed by atoms with Gasteiger partial charge in [-0.15, -0.1) is 11.3 Å². The van der Waals surface area contributed by atoms with Gasteiger partial charge in [-0.1, -0.05) is 18.2 Å². The average Bonchev–Trinajstić information content (AvgIpc) is 3.09. The molecule has 6 heteroatoms. The molecule has 4 nitrogen and oxygen atoms in total. The molecule has 24 heavy (non-hydrogen) atoms. The molecule has 0 amide bonds. The van der Waals surface area contributed by atoms with Crippen LogP contribution in [0.15, 0.2) is 46.7 Å². The maximum absolute atomic E-state index is 11.5. The van der Waals surface area contributed by atoms with Crippen LogP contribution in [0.4, 0.5) is 0 Å². The van der Waals surface area contributed by atoms with Crippen LogP contribution in [0.3, 0.4) is 0 Å². The van der Waals surface area contributed by atoms with Crippen LogP contribution in [0, 0.1) is 5.92 Å². The molecule has 0 bridgehead atoms. The van der Waals surface area contributed by atoms with Gasteiger partial charge in [0.25, 0.3) is 0 Å². The van der Waals surface area contributed by atoms with Gasteiger partial charge in [0, 0.05) is 17.7 Å². The van der Waals surface area contributed by atoms with Crippen LogP contribution in [-0.4, -0.2) is 37.8 Å². The third kappa shape index (κ3) is 4.25. The molecule has 3 rings (SSSR count). The van der Waals surface area contributed by atoms with Crippen molar-refractivity contribution in [2.75, 3.05) is 19.3 Å². The van der Waals surface area contributed by atoms with E-state index in [0.29, 0.717) is 10.8 Å². The molecule has 1 aromatic carbocycles. The van der Waals surface area contributed by atoms with E-state index in [4.69, 9.17) is 0 Å². The van der Waals surface area contributed by atoms with Gasteiger partial charge in [0.15, 0.2) is 9.84 Å². The van der Waals surface area contributed by atoms with Crippen molar-refractivity contribution < 1.29 is 13.5 Å². The summed E-state index contributed by atoms with van der Waals surface area (Å²) in [6.45, 7) is 2.74. The Labute approximate surface area is 147 Å². The summed E-state index contributed by atoms with van der Waals surface area (Å²) in [5, 5.41) is 12.5.